The van der Waals surface area contributed by atoms with Gasteiger partial charge >= 0.3 is 5.97 Å². The van der Waals surface area contributed by atoms with Crippen molar-refractivity contribution in [1.29, 1.82) is 0 Å². The third-order valence-corrected chi connectivity index (χ3v) is 8.30. The minimum Gasteiger partial charge on any atom is -0.504 e. The number of carbonyl (C=O) groups is 1. The standard InChI is InChI=1S/C21H26N2O5/c22-20(18(25)26)5-6-21(27)14-9-12-3-4-13(24)16-15(12)19(21,17(20)28-16)7-8-23(14)10-11-1-2-11/h3-4,11,14,17,24,27H,1-2,5-10,22H2,(H,25,26)/t14-,17-,19+,20+,21-/m1/s1. The molecule has 0 amide bonds. The molecule has 1 aromatic rings. The van der Waals surface area contributed by atoms with Crippen LogP contribution in [-0.2, 0) is 16.6 Å². The molecule has 0 unspecified atom stereocenters. The summed E-state index contributed by atoms with van der Waals surface area (Å²) in [5.41, 5.74) is 4.71. The van der Waals surface area contributed by atoms with Crippen molar-refractivity contribution in [3.8, 4) is 11.5 Å². The number of piperidine rings is 1. The van der Waals surface area contributed by atoms with Gasteiger partial charge < -0.3 is 25.8 Å². The summed E-state index contributed by atoms with van der Waals surface area (Å²) in [7, 11) is 0. The minimum absolute atomic E-state index is 0.00327. The number of ether oxygens (including phenoxy) is 1. The van der Waals surface area contributed by atoms with Gasteiger partial charge in [0.1, 0.15) is 6.10 Å². The van der Waals surface area contributed by atoms with Gasteiger partial charge in [-0.3, -0.25) is 9.69 Å². The van der Waals surface area contributed by atoms with E-state index in [0.29, 0.717) is 30.9 Å². The molecule has 2 bridgehead atoms. The van der Waals surface area contributed by atoms with Crippen LogP contribution in [0, 0.1) is 5.92 Å². The van der Waals surface area contributed by atoms with Gasteiger partial charge in [-0.2, -0.15) is 0 Å². The highest BCUT2D eigenvalue weighted by Gasteiger charge is 2.76. The van der Waals surface area contributed by atoms with Crippen molar-refractivity contribution < 1.29 is 24.9 Å². The average Bonchev–Trinajstić information content (AvgIpc) is 3.39. The highest BCUT2D eigenvalue weighted by Crippen LogP contribution is 2.66. The lowest BCUT2D eigenvalue weighted by Crippen LogP contribution is -2.81. The van der Waals surface area contributed by atoms with Crippen LogP contribution in [0.2, 0.25) is 0 Å². The van der Waals surface area contributed by atoms with Crippen molar-refractivity contribution in [2.45, 2.75) is 67.2 Å². The molecule has 7 nitrogen and oxygen atoms in total. The lowest BCUT2D eigenvalue weighted by Gasteiger charge is -2.65. The Morgan fingerprint density at radius 3 is 2.79 bits per heavy atom. The minimum atomic E-state index is -1.59. The van der Waals surface area contributed by atoms with Gasteiger partial charge in [0.25, 0.3) is 0 Å². The van der Waals surface area contributed by atoms with Gasteiger partial charge in [-0.15, -0.1) is 0 Å². The zero-order chi connectivity index (χ0) is 19.5. The van der Waals surface area contributed by atoms with E-state index in [4.69, 9.17) is 10.5 Å². The molecule has 5 atom stereocenters. The molecule has 3 fully saturated rings. The molecule has 7 heteroatoms. The summed E-state index contributed by atoms with van der Waals surface area (Å²) in [5.74, 6) is -0.0731. The van der Waals surface area contributed by atoms with Gasteiger partial charge in [-0.25, -0.2) is 0 Å². The number of rotatable bonds is 3. The quantitative estimate of drug-likeness (QED) is 0.605. The van der Waals surface area contributed by atoms with Crippen molar-refractivity contribution in [3.05, 3.63) is 23.3 Å². The van der Waals surface area contributed by atoms with Crippen molar-refractivity contribution in [3.63, 3.8) is 0 Å². The van der Waals surface area contributed by atoms with Gasteiger partial charge in [0.15, 0.2) is 17.0 Å². The zero-order valence-electron chi connectivity index (χ0n) is 15.7. The van der Waals surface area contributed by atoms with E-state index >= 15 is 0 Å². The normalized spacial score (nSPS) is 43.4. The number of phenolic OH excluding ortho intramolecular Hbond substituents is 1. The van der Waals surface area contributed by atoms with Crippen LogP contribution in [0.15, 0.2) is 12.1 Å². The largest absolute Gasteiger partial charge is 0.504 e. The second-order valence-corrected chi connectivity index (χ2v) is 9.60. The van der Waals surface area contributed by atoms with Crippen molar-refractivity contribution >= 4 is 5.97 Å². The highest BCUT2D eigenvalue weighted by molar-refractivity contribution is 5.82. The number of hydrogen-bond donors (Lipinski definition) is 4. The van der Waals surface area contributed by atoms with Crippen LogP contribution in [0.25, 0.3) is 0 Å². The summed E-state index contributed by atoms with van der Waals surface area (Å²) < 4.78 is 6.15. The van der Waals surface area contributed by atoms with Gasteiger partial charge in [0, 0.05) is 18.2 Å². The predicted octanol–water partition coefficient (Wildman–Crippen LogP) is 0.738. The first kappa shape index (κ1) is 17.1. The van der Waals surface area contributed by atoms with E-state index in [1.165, 1.54) is 12.8 Å². The number of phenols is 1. The molecule has 150 valence electrons. The number of benzene rings is 1. The predicted molar refractivity (Wildman–Crippen MR) is 99.3 cm³/mol. The average molecular weight is 386 g/mol. The molecule has 5 aliphatic rings. The van der Waals surface area contributed by atoms with Crippen molar-refractivity contribution in [1.82, 2.24) is 4.90 Å². The Balaban J connectivity index is 1.58. The fourth-order valence-corrected chi connectivity index (χ4v) is 6.77. The molecule has 1 saturated heterocycles. The van der Waals surface area contributed by atoms with Crippen molar-refractivity contribution in [2.24, 2.45) is 11.7 Å². The molecular formula is C21H26N2O5. The van der Waals surface area contributed by atoms with Crippen LogP contribution < -0.4 is 10.5 Å². The van der Waals surface area contributed by atoms with E-state index in [1.807, 2.05) is 6.07 Å². The summed E-state index contributed by atoms with van der Waals surface area (Å²) in [4.78, 5) is 14.6. The fourth-order valence-electron chi connectivity index (χ4n) is 6.77. The molecular weight excluding hydrogens is 360 g/mol. The summed E-state index contributed by atoms with van der Waals surface area (Å²) in [6, 6.07) is 3.45. The third-order valence-electron chi connectivity index (χ3n) is 8.30. The van der Waals surface area contributed by atoms with Crippen LogP contribution in [0.4, 0.5) is 0 Å². The summed E-state index contributed by atoms with van der Waals surface area (Å²) in [6.45, 7) is 1.77. The Kier molecular flexibility index (Phi) is 3.05. The molecule has 6 rings (SSSR count). The summed E-state index contributed by atoms with van der Waals surface area (Å²) >= 11 is 0. The number of aliphatic hydroxyl groups is 1. The van der Waals surface area contributed by atoms with E-state index in [2.05, 4.69) is 4.90 Å². The Bertz CT molecular complexity index is 901. The molecule has 2 heterocycles. The first-order valence-electron chi connectivity index (χ1n) is 10.3. The van der Waals surface area contributed by atoms with E-state index in [-0.39, 0.29) is 18.2 Å². The zero-order valence-corrected chi connectivity index (χ0v) is 15.7. The Morgan fingerprint density at radius 1 is 1.29 bits per heavy atom. The number of carboxylic acid groups (broad SMARTS) is 1. The highest BCUT2D eigenvalue weighted by atomic mass is 16.5. The molecule has 1 aromatic carbocycles. The van der Waals surface area contributed by atoms with Gasteiger partial charge in [0.05, 0.1) is 11.0 Å². The van der Waals surface area contributed by atoms with Gasteiger partial charge in [-0.1, -0.05) is 6.07 Å². The number of carboxylic acids is 1. The maximum Gasteiger partial charge on any atom is 0.327 e. The van der Waals surface area contributed by atoms with E-state index in [1.54, 1.807) is 6.07 Å². The lowest BCUT2D eigenvalue weighted by molar-refractivity contribution is -0.207. The SMILES string of the molecule is N[C@@]1(C(=O)O)CC[C@@]2(O)[C@H]3Cc4ccc(O)c5c4[C@@]2(CCN3CC2CC2)[C@H]1O5. The molecule has 5 N–H and O–H groups in total. The maximum absolute atomic E-state index is 12.2. The second kappa shape index (κ2) is 5.01. The molecule has 1 spiro atoms. The molecule has 2 aliphatic heterocycles. The third kappa shape index (κ3) is 1.75. The molecule has 2 saturated carbocycles. The number of nitrogens with zero attached hydrogens (tertiary/aromatic N) is 1. The van der Waals surface area contributed by atoms with Crippen LogP contribution in [0.1, 0.15) is 43.2 Å². The van der Waals surface area contributed by atoms with Crippen LogP contribution in [0.5, 0.6) is 11.5 Å². The topological polar surface area (TPSA) is 116 Å². The van der Waals surface area contributed by atoms with E-state index in [9.17, 15) is 20.1 Å². The molecule has 3 aliphatic carbocycles. The smallest absolute Gasteiger partial charge is 0.327 e. The summed E-state index contributed by atoms with van der Waals surface area (Å²) in [5, 5.41) is 32.6. The molecule has 0 aromatic heterocycles. The fraction of sp³-hybridized carbons (Fsp3) is 0.667. The van der Waals surface area contributed by atoms with E-state index in [0.717, 1.165) is 24.2 Å². The lowest BCUT2D eigenvalue weighted by atomic mass is 9.46. The number of aliphatic carboxylic acids is 1. The molecule has 0 radical (unpaired) electrons. The Morgan fingerprint density at radius 2 is 2.07 bits per heavy atom. The number of aromatic hydroxyl groups is 1. The Labute approximate surface area is 163 Å². The monoisotopic (exact) mass is 386 g/mol. The maximum atomic E-state index is 12.2. The van der Waals surface area contributed by atoms with Gasteiger partial charge in [0.2, 0.25) is 0 Å². The first-order chi connectivity index (χ1) is 13.3. The van der Waals surface area contributed by atoms with Gasteiger partial charge in [-0.05, 0) is 62.6 Å². The number of hydrogen-bond acceptors (Lipinski definition) is 6. The number of nitrogens with two attached hydrogens (primary N) is 1. The van der Waals surface area contributed by atoms with Crippen LogP contribution in [0.3, 0.4) is 0 Å². The second-order valence-electron chi connectivity index (χ2n) is 9.60. The van der Waals surface area contributed by atoms with E-state index < -0.39 is 28.6 Å². The first-order valence-corrected chi connectivity index (χ1v) is 10.3. The van der Waals surface area contributed by atoms with Crippen LogP contribution >= 0.6 is 0 Å². The molecule has 28 heavy (non-hydrogen) atoms. The number of likely N-dealkylation sites (tertiary alicyclic amines) is 1. The summed E-state index contributed by atoms with van der Waals surface area (Å²) in [6.07, 6.45) is 3.38. The Hall–Kier alpha value is -1.83. The van der Waals surface area contributed by atoms with Crippen LogP contribution in [-0.4, -0.2) is 62.6 Å². The van der Waals surface area contributed by atoms with Crippen molar-refractivity contribution in [2.75, 3.05) is 13.1 Å².